The van der Waals surface area contributed by atoms with Crippen LogP contribution in [0, 0.1) is 11.6 Å². The molecule has 3 heterocycles. The lowest BCUT2D eigenvalue weighted by Gasteiger charge is -2.15. The van der Waals surface area contributed by atoms with Crippen LogP contribution in [-0.2, 0) is 22.6 Å². The Labute approximate surface area is 208 Å². The predicted molar refractivity (Wildman–Crippen MR) is 133 cm³/mol. The van der Waals surface area contributed by atoms with Crippen LogP contribution in [0.15, 0.2) is 35.6 Å². The van der Waals surface area contributed by atoms with Gasteiger partial charge in [0.25, 0.3) is 0 Å². The van der Waals surface area contributed by atoms with Crippen LogP contribution < -0.4 is 4.74 Å². The maximum absolute atomic E-state index is 14.9. The van der Waals surface area contributed by atoms with Gasteiger partial charge in [-0.2, -0.15) is 0 Å². The lowest BCUT2D eigenvalue weighted by Crippen LogP contribution is -2.22. The number of fused-ring (bicyclic) bond motifs is 1. The summed E-state index contributed by atoms with van der Waals surface area (Å²) in [5, 5.41) is 9.91. The number of rotatable bonds is 10. The van der Waals surface area contributed by atoms with Crippen LogP contribution in [0.5, 0.6) is 11.5 Å². The van der Waals surface area contributed by atoms with E-state index in [0.29, 0.717) is 40.7 Å². The first-order chi connectivity index (χ1) is 16.6. The fourth-order valence-electron chi connectivity index (χ4n) is 3.62. The van der Waals surface area contributed by atoms with Crippen molar-refractivity contribution in [2.75, 3.05) is 19.8 Å². The smallest absolute Gasteiger partial charge is 0.198 e. The molecular weight excluding hydrogens is 496 g/mol. The van der Waals surface area contributed by atoms with Gasteiger partial charge < -0.3 is 23.9 Å². The van der Waals surface area contributed by atoms with E-state index in [1.165, 1.54) is 24.4 Å². The van der Waals surface area contributed by atoms with Crippen molar-refractivity contribution in [3.63, 3.8) is 0 Å². The summed E-state index contributed by atoms with van der Waals surface area (Å²) in [5.74, 6) is -1.77. The molecule has 0 amide bonds. The number of nitrogens with zero attached hydrogens (tertiary/aromatic N) is 3. The standard InChI is InChI=1S/C24H28ClF2N3O4Si/c1-35(2,3)7-6-32-14-30-12-17(25)22-20(4-5-28-24(22)30)34-23-18(26)8-15(9-19(23)27)10-21-29-11-16(13-31)33-21/h4-5,8-9,12,16,31H,6-7,10-11,13-14H2,1-3H3. The normalized spacial score (nSPS) is 16.0. The number of pyridine rings is 1. The van der Waals surface area contributed by atoms with Gasteiger partial charge in [0.15, 0.2) is 23.3 Å². The van der Waals surface area contributed by atoms with Crippen LogP contribution in [0.1, 0.15) is 5.56 Å². The summed E-state index contributed by atoms with van der Waals surface area (Å²) in [6.45, 7) is 7.86. The highest BCUT2D eigenvalue weighted by molar-refractivity contribution is 6.76. The molecule has 0 spiro atoms. The van der Waals surface area contributed by atoms with E-state index in [2.05, 4.69) is 29.6 Å². The van der Waals surface area contributed by atoms with E-state index in [-0.39, 0.29) is 25.5 Å². The Morgan fingerprint density at radius 1 is 1.26 bits per heavy atom. The van der Waals surface area contributed by atoms with Crippen LogP contribution in [-0.4, -0.2) is 54.5 Å². The third-order valence-corrected chi connectivity index (χ3v) is 7.49. The Morgan fingerprint density at radius 2 is 2.00 bits per heavy atom. The van der Waals surface area contributed by atoms with Crippen molar-refractivity contribution >= 4 is 36.6 Å². The van der Waals surface area contributed by atoms with E-state index in [1.807, 2.05) is 0 Å². The summed E-state index contributed by atoms with van der Waals surface area (Å²) in [7, 11) is -1.22. The molecule has 1 atom stereocenters. The average Bonchev–Trinajstić information content (AvgIpc) is 3.37. The summed E-state index contributed by atoms with van der Waals surface area (Å²) in [6, 6.07) is 4.88. The quantitative estimate of drug-likeness (QED) is 0.284. The first kappa shape index (κ1) is 25.6. The number of benzene rings is 1. The summed E-state index contributed by atoms with van der Waals surface area (Å²) in [6.07, 6.45) is 2.85. The van der Waals surface area contributed by atoms with Crippen molar-refractivity contribution in [1.82, 2.24) is 9.55 Å². The van der Waals surface area contributed by atoms with Gasteiger partial charge in [0.2, 0.25) is 0 Å². The van der Waals surface area contributed by atoms with Gasteiger partial charge in [-0.25, -0.2) is 13.8 Å². The zero-order valence-electron chi connectivity index (χ0n) is 19.9. The highest BCUT2D eigenvalue weighted by atomic mass is 35.5. The Balaban J connectivity index is 1.52. The van der Waals surface area contributed by atoms with Gasteiger partial charge >= 0.3 is 0 Å². The maximum atomic E-state index is 14.9. The summed E-state index contributed by atoms with van der Waals surface area (Å²) in [4.78, 5) is 8.50. The highest BCUT2D eigenvalue weighted by Crippen LogP contribution is 2.37. The molecule has 0 saturated heterocycles. The topological polar surface area (TPSA) is 78.1 Å². The van der Waals surface area contributed by atoms with E-state index in [4.69, 9.17) is 30.9 Å². The van der Waals surface area contributed by atoms with Crippen molar-refractivity contribution in [3.05, 3.63) is 52.8 Å². The average molecular weight is 524 g/mol. The first-order valence-corrected chi connectivity index (χ1v) is 15.4. The third-order valence-electron chi connectivity index (χ3n) is 5.50. The molecule has 3 aromatic rings. The van der Waals surface area contributed by atoms with Gasteiger partial charge in [0.05, 0.1) is 23.6 Å². The monoisotopic (exact) mass is 523 g/mol. The van der Waals surface area contributed by atoms with E-state index >= 15 is 0 Å². The zero-order chi connectivity index (χ0) is 25.2. The van der Waals surface area contributed by atoms with Crippen molar-refractivity contribution in [3.8, 4) is 11.5 Å². The Morgan fingerprint density at radius 3 is 2.66 bits per heavy atom. The highest BCUT2D eigenvalue weighted by Gasteiger charge is 2.22. The van der Waals surface area contributed by atoms with Crippen LogP contribution in [0.2, 0.25) is 30.7 Å². The molecule has 1 aliphatic heterocycles. The molecule has 0 aliphatic carbocycles. The third kappa shape index (κ3) is 6.18. The lowest BCUT2D eigenvalue weighted by molar-refractivity contribution is 0.0899. The second kappa shape index (κ2) is 10.6. The maximum Gasteiger partial charge on any atom is 0.198 e. The molecule has 35 heavy (non-hydrogen) atoms. The molecule has 1 N–H and O–H groups in total. The summed E-state index contributed by atoms with van der Waals surface area (Å²) in [5.41, 5.74) is 0.831. The number of aliphatic hydroxyl groups excluding tert-OH is 1. The molecule has 0 fully saturated rings. The molecule has 4 rings (SSSR count). The van der Waals surface area contributed by atoms with E-state index in [1.54, 1.807) is 10.8 Å². The van der Waals surface area contributed by atoms with Crippen molar-refractivity contribution in [2.24, 2.45) is 4.99 Å². The molecule has 0 bridgehead atoms. The largest absolute Gasteiger partial charge is 0.473 e. The number of hydrogen-bond acceptors (Lipinski definition) is 6. The lowest BCUT2D eigenvalue weighted by atomic mass is 10.1. The van der Waals surface area contributed by atoms with Crippen LogP contribution >= 0.6 is 11.6 Å². The molecule has 2 aromatic heterocycles. The Kier molecular flexibility index (Phi) is 7.75. The van der Waals surface area contributed by atoms with Crippen molar-refractivity contribution in [2.45, 2.75) is 44.9 Å². The van der Waals surface area contributed by atoms with Gasteiger partial charge in [-0.05, 0) is 29.8 Å². The number of hydrogen-bond donors (Lipinski definition) is 1. The van der Waals surface area contributed by atoms with Gasteiger partial charge in [-0.3, -0.25) is 4.99 Å². The minimum atomic E-state index is -1.22. The predicted octanol–water partition coefficient (Wildman–Crippen LogP) is 5.40. The van der Waals surface area contributed by atoms with Gasteiger partial charge in [0, 0.05) is 33.5 Å². The fourth-order valence-corrected chi connectivity index (χ4v) is 4.67. The molecule has 7 nitrogen and oxygen atoms in total. The number of aromatic nitrogens is 2. The molecule has 0 radical (unpaired) electrons. The van der Waals surface area contributed by atoms with Gasteiger partial charge in [-0.15, -0.1) is 0 Å². The van der Waals surface area contributed by atoms with E-state index in [9.17, 15) is 8.78 Å². The van der Waals surface area contributed by atoms with E-state index in [0.717, 1.165) is 6.04 Å². The summed E-state index contributed by atoms with van der Waals surface area (Å²) >= 11 is 6.44. The molecular formula is C24H28ClF2N3O4Si. The molecule has 0 saturated carbocycles. The molecule has 188 valence electrons. The number of aliphatic hydroxyl groups is 1. The second-order valence-electron chi connectivity index (χ2n) is 9.63. The van der Waals surface area contributed by atoms with Crippen LogP contribution in [0.4, 0.5) is 8.78 Å². The minimum Gasteiger partial charge on any atom is -0.473 e. The van der Waals surface area contributed by atoms with Crippen LogP contribution in [0.25, 0.3) is 11.0 Å². The van der Waals surface area contributed by atoms with Crippen LogP contribution in [0.3, 0.4) is 0 Å². The van der Waals surface area contributed by atoms with E-state index < -0.39 is 31.6 Å². The SMILES string of the molecule is C[Si](C)(C)CCOCn1cc(Cl)c2c(Oc3c(F)cc(CC4=NCC(CO)O4)cc3F)ccnc21. The number of aliphatic imine (C=N–C) groups is 1. The first-order valence-electron chi connectivity index (χ1n) is 11.3. The molecule has 1 aromatic carbocycles. The molecule has 1 unspecified atom stereocenters. The van der Waals surface area contributed by atoms with Crippen molar-refractivity contribution < 1.29 is 28.1 Å². The molecule has 1 aliphatic rings. The zero-order valence-corrected chi connectivity index (χ0v) is 21.6. The number of halogens is 3. The van der Waals surface area contributed by atoms with Gasteiger partial charge in [0.1, 0.15) is 24.2 Å². The Hall–Kier alpha value is -2.53. The fraction of sp³-hybridized carbons (Fsp3) is 0.417. The number of ether oxygens (including phenoxy) is 3. The Bertz CT molecular complexity index is 1220. The minimum absolute atomic E-state index is 0.108. The molecule has 11 heteroatoms. The van der Waals surface area contributed by atoms with Crippen molar-refractivity contribution in [1.29, 1.82) is 0 Å². The second-order valence-corrected chi connectivity index (χ2v) is 15.7. The summed E-state index contributed by atoms with van der Waals surface area (Å²) < 4.78 is 48.4. The van der Waals surface area contributed by atoms with Gasteiger partial charge in [-0.1, -0.05) is 31.2 Å².